The van der Waals surface area contributed by atoms with E-state index in [-0.39, 0.29) is 10.5 Å². The van der Waals surface area contributed by atoms with Crippen molar-refractivity contribution in [2.24, 2.45) is 0 Å². The van der Waals surface area contributed by atoms with Gasteiger partial charge >= 0.3 is 6.18 Å². The summed E-state index contributed by atoms with van der Waals surface area (Å²) in [5, 5.41) is 0. The predicted octanol–water partition coefficient (Wildman–Crippen LogP) is 3.77. The van der Waals surface area contributed by atoms with Gasteiger partial charge in [0.25, 0.3) is 0 Å². The first-order valence-corrected chi connectivity index (χ1v) is 9.53. The summed E-state index contributed by atoms with van der Waals surface area (Å²) in [6.07, 6.45) is -4.49. The summed E-state index contributed by atoms with van der Waals surface area (Å²) in [7, 11) is -2.37. The average molecular weight is 403 g/mol. The lowest BCUT2D eigenvalue weighted by Crippen LogP contribution is -2.27. The van der Waals surface area contributed by atoms with Crippen LogP contribution >= 0.6 is 0 Å². The van der Waals surface area contributed by atoms with E-state index in [1.165, 1.54) is 50.4 Å². The zero-order chi connectivity index (χ0) is 20.1. The molecule has 0 aromatic heterocycles. The molecular weight excluding hydrogens is 383 g/mol. The van der Waals surface area contributed by atoms with Crippen molar-refractivity contribution in [1.82, 2.24) is 4.72 Å². The summed E-state index contributed by atoms with van der Waals surface area (Å²) in [6.45, 7) is 2.21. The van der Waals surface area contributed by atoms with Crippen LogP contribution in [0.1, 0.15) is 24.1 Å². The second-order valence-electron chi connectivity index (χ2n) is 5.78. The predicted molar refractivity (Wildman–Crippen MR) is 94.0 cm³/mol. The Morgan fingerprint density at radius 3 is 2.33 bits per heavy atom. The van der Waals surface area contributed by atoms with E-state index in [0.29, 0.717) is 19.0 Å². The van der Waals surface area contributed by atoms with Crippen LogP contribution in [0.15, 0.2) is 53.4 Å². The van der Waals surface area contributed by atoms with Crippen molar-refractivity contribution in [3.8, 4) is 5.75 Å². The molecule has 0 fully saturated rings. The molecule has 5 nitrogen and oxygen atoms in total. The zero-order valence-corrected chi connectivity index (χ0v) is 15.6. The molecule has 2 rings (SSSR count). The van der Waals surface area contributed by atoms with E-state index in [4.69, 9.17) is 9.47 Å². The SMILES string of the molecule is COCCOc1ccc(S(=O)(=O)N[C@@H](C)c2cccc(C(F)(F)F)c2)cc1. The van der Waals surface area contributed by atoms with Gasteiger partial charge in [0, 0.05) is 13.2 Å². The summed E-state index contributed by atoms with van der Waals surface area (Å²) in [5.74, 6) is 0.483. The summed E-state index contributed by atoms with van der Waals surface area (Å²) in [6, 6.07) is 9.44. The van der Waals surface area contributed by atoms with E-state index >= 15 is 0 Å². The maximum atomic E-state index is 12.8. The molecule has 0 amide bonds. The Morgan fingerprint density at radius 1 is 1.07 bits per heavy atom. The van der Waals surface area contributed by atoms with Crippen molar-refractivity contribution in [3.05, 3.63) is 59.7 Å². The van der Waals surface area contributed by atoms with Crippen LogP contribution in [-0.2, 0) is 20.9 Å². The molecule has 0 saturated heterocycles. The van der Waals surface area contributed by atoms with E-state index in [1.807, 2.05) is 0 Å². The van der Waals surface area contributed by atoms with Crippen LogP contribution in [0, 0.1) is 0 Å². The third kappa shape index (κ3) is 5.95. The topological polar surface area (TPSA) is 64.6 Å². The number of ether oxygens (including phenoxy) is 2. The molecule has 0 saturated carbocycles. The van der Waals surface area contributed by atoms with Gasteiger partial charge in [-0.15, -0.1) is 0 Å². The molecule has 0 unspecified atom stereocenters. The number of methoxy groups -OCH3 is 1. The maximum Gasteiger partial charge on any atom is 0.416 e. The van der Waals surface area contributed by atoms with Crippen LogP contribution in [-0.4, -0.2) is 28.7 Å². The van der Waals surface area contributed by atoms with Crippen LogP contribution in [0.25, 0.3) is 0 Å². The van der Waals surface area contributed by atoms with Crippen LogP contribution in [0.3, 0.4) is 0 Å². The van der Waals surface area contributed by atoms with Gasteiger partial charge in [-0.3, -0.25) is 0 Å². The van der Waals surface area contributed by atoms with Gasteiger partial charge in [-0.1, -0.05) is 12.1 Å². The van der Waals surface area contributed by atoms with Gasteiger partial charge in [-0.2, -0.15) is 13.2 Å². The third-order valence-electron chi connectivity index (χ3n) is 3.74. The lowest BCUT2D eigenvalue weighted by atomic mass is 10.1. The summed E-state index contributed by atoms with van der Waals surface area (Å²) >= 11 is 0. The fraction of sp³-hybridized carbons (Fsp3) is 0.333. The van der Waals surface area contributed by atoms with Crippen LogP contribution in [0.4, 0.5) is 13.2 Å². The molecular formula is C18H20F3NO4S. The van der Waals surface area contributed by atoms with Crippen molar-refractivity contribution >= 4 is 10.0 Å². The molecule has 1 atom stereocenters. The van der Waals surface area contributed by atoms with Crippen molar-refractivity contribution in [2.75, 3.05) is 20.3 Å². The van der Waals surface area contributed by atoms with Crippen molar-refractivity contribution in [1.29, 1.82) is 0 Å². The zero-order valence-electron chi connectivity index (χ0n) is 14.8. The summed E-state index contributed by atoms with van der Waals surface area (Å²) < 4.78 is 76.0. The van der Waals surface area contributed by atoms with Crippen LogP contribution in [0.2, 0.25) is 0 Å². The molecule has 1 N–H and O–H groups in total. The Kier molecular flexibility index (Phi) is 6.85. The number of halogens is 3. The van der Waals surface area contributed by atoms with E-state index in [0.717, 1.165) is 12.1 Å². The largest absolute Gasteiger partial charge is 0.491 e. The monoisotopic (exact) mass is 403 g/mol. The minimum atomic E-state index is -4.49. The number of benzene rings is 2. The minimum Gasteiger partial charge on any atom is -0.491 e. The lowest BCUT2D eigenvalue weighted by Gasteiger charge is -2.16. The Labute approximate surface area is 156 Å². The second kappa shape index (κ2) is 8.73. The fourth-order valence-electron chi connectivity index (χ4n) is 2.31. The molecule has 2 aromatic carbocycles. The van der Waals surface area contributed by atoms with E-state index in [1.54, 1.807) is 0 Å². The first-order chi connectivity index (χ1) is 12.6. The molecule has 148 valence electrons. The number of nitrogens with one attached hydrogen (secondary N) is 1. The molecule has 0 aliphatic carbocycles. The van der Waals surface area contributed by atoms with Gasteiger partial charge in [0.1, 0.15) is 12.4 Å². The normalized spacial score (nSPS) is 13.4. The first-order valence-electron chi connectivity index (χ1n) is 8.05. The van der Waals surface area contributed by atoms with Gasteiger partial charge in [0.15, 0.2) is 0 Å². The number of alkyl halides is 3. The van der Waals surface area contributed by atoms with Crippen molar-refractivity contribution in [2.45, 2.75) is 24.0 Å². The van der Waals surface area contributed by atoms with E-state index in [9.17, 15) is 21.6 Å². The highest BCUT2D eigenvalue weighted by Crippen LogP contribution is 2.31. The molecule has 27 heavy (non-hydrogen) atoms. The Balaban J connectivity index is 2.11. The Morgan fingerprint density at radius 2 is 1.74 bits per heavy atom. The van der Waals surface area contributed by atoms with E-state index < -0.39 is 27.8 Å². The van der Waals surface area contributed by atoms with Crippen LogP contribution < -0.4 is 9.46 Å². The Hall–Kier alpha value is -2.10. The smallest absolute Gasteiger partial charge is 0.416 e. The maximum absolute atomic E-state index is 12.8. The standard InChI is InChI=1S/C18H20F3NO4S/c1-13(14-4-3-5-15(12-14)18(19,20)21)22-27(23,24)17-8-6-16(7-9-17)26-11-10-25-2/h3-9,12-13,22H,10-11H2,1-2H3/t13-/m0/s1. The second-order valence-corrected chi connectivity index (χ2v) is 7.49. The molecule has 0 spiro atoms. The minimum absolute atomic E-state index is 0.0135. The molecule has 0 bridgehead atoms. The van der Waals surface area contributed by atoms with Gasteiger partial charge in [0.05, 0.1) is 17.1 Å². The first kappa shape index (κ1) is 21.2. The number of hydrogen-bond acceptors (Lipinski definition) is 4. The highest BCUT2D eigenvalue weighted by atomic mass is 32.2. The highest BCUT2D eigenvalue weighted by Gasteiger charge is 2.31. The quantitative estimate of drug-likeness (QED) is 0.682. The van der Waals surface area contributed by atoms with Crippen molar-refractivity contribution < 1.29 is 31.1 Å². The Bertz CT molecular complexity index is 852. The van der Waals surface area contributed by atoms with Gasteiger partial charge < -0.3 is 9.47 Å². The van der Waals surface area contributed by atoms with Crippen molar-refractivity contribution in [3.63, 3.8) is 0 Å². The molecule has 0 aliphatic heterocycles. The van der Waals surface area contributed by atoms with Crippen LogP contribution in [0.5, 0.6) is 5.75 Å². The number of hydrogen-bond donors (Lipinski definition) is 1. The lowest BCUT2D eigenvalue weighted by molar-refractivity contribution is -0.137. The summed E-state index contributed by atoms with van der Waals surface area (Å²) in [5.41, 5.74) is -0.614. The van der Waals surface area contributed by atoms with Gasteiger partial charge in [-0.25, -0.2) is 13.1 Å². The summed E-state index contributed by atoms with van der Waals surface area (Å²) in [4.78, 5) is -0.0135. The number of sulfonamides is 1. The highest BCUT2D eigenvalue weighted by molar-refractivity contribution is 7.89. The molecule has 2 aromatic rings. The molecule has 0 radical (unpaired) electrons. The van der Waals surface area contributed by atoms with E-state index in [2.05, 4.69) is 4.72 Å². The molecule has 0 aliphatic rings. The average Bonchev–Trinajstić information content (AvgIpc) is 2.61. The third-order valence-corrected chi connectivity index (χ3v) is 5.29. The molecule has 0 heterocycles. The number of rotatable bonds is 8. The van der Waals surface area contributed by atoms with Gasteiger partial charge in [-0.05, 0) is 48.9 Å². The molecule has 9 heteroatoms. The fourth-order valence-corrected chi connectivity index (χ4v) is 3.54. The van der Waals surface area contributed by atoms with Gasteiger partial charge in [0.2, 0.25) is 10.0 Å².